The summed E-state index contributed by atoms with van der Waals surface area (Å²) in [6.07, 6.45) is 2.24. The van der Waals surface area contributed by atoms with Crippen LogP contribution in [-0.4, -0.2) is 22.2 Å². The topological polar surface area (TPSA) is 44.3 Å². The Balaban J connectivity index is 1.96. The first-order valence-corrected chi connectivity index (χ1v) is 7.06. The van der Waals surface area contributed by atoms with E-state index in [4.69, 9.17) is 0 Å². The van der Waals surface area contributed by atoms with E-state index >= 15 is 0 Å². The fraction of sp³-hybridized carbons (Fsp3) is 0.625. The fourth-order valence-electron chi connectivity index (χ4n) is 3.40. The number of hydrogen-bond acceptors (Lipinski definition) is 3. The fourth-order valence-corrected chi connectivity index (χ4v) is 3.40. The average Bonchev–Trinajstić information content (AvgIpc) is 2.22. The zero-order chi connectivity index (χ0) is 14.1. The molecule has 0 saturated carbocycles. The van der Waals surface area contributed by atoms with Crippen molar-refractivity contribution in [1.29, 1.82) is 0 Å². The van der Waals surface area contributed by atoms with E-state index in [1.165, 1.54) is 0 Å². The van der Waals surface area contributed by atoms with Crippen LogP contribution in [0.1, 0.15) is 46.1 Å². The quantitative estimate of drug-likeness (QED) is 0.785. The van der Waals surface area contributed by atoms with Crippen LogP contribution in [0, 0.1) is 0 Å². The molecule has 0 aromatic heterocycles. The number of piperidine rings is 1. The van der Waals surface area contributed by atoms with Crippen LogP contribution in [0.3, 0.4) is 0 Å². The predicted molar refractivity (Wildman–Crippen MR) is 79.3 cm³/mol. The first-order chi connectivity index (χ1) is 8.76. The molecule has 1 heterocycles. The molecule has 106 valence electrons. The number of hydrogen-bond donors (Lipinski definition) is 3. The molecule has 1 aromatic carbocycles. The average molecular weight is 262 g/mol. The number of rotatable bonds is 3. The number of phenolic OH excluding ortho intramolecular Hbond substituents is 1. The standard InChI is InChI=1S/C16H26N2O/c1-15(2)9-13(10-16(3,4)18-15)17-11-12-6-5-7-14(19)8-12/h5-8,13,17-19H,9-11H2,1-4H3. The van der Waals surface area contributed by atoms with E-state index in [1.807, 2.05) is 18.2 Å². The van der Waals surface area contributed by atoms with Crippen molar-refractivity contribution in [2.75, 3.05) is 0 Å². The second-order valence-electron chi connectivity index (χ2n) is 7.05. The largest absolute Gasteiger partial charge is 0.508 e. The van der Waals surface area contributed by atoms with Crippen molar-refractivity contribution < 1.29 is 5.11 Å². The number of benzene rings is 1. The highest BCUT2D eigenvalue weighted by atomic mass is 16.3. The third-order valence-electron chi connectivity index (χ3n) is 3.70. The Labute approximate surface area is 116 Å². The van der Waals surface area contributed by atoms with Gasteiger partial charge in [-0.25, -0.2) is 0 Å². The van der Waals surface area contributed by atoms with Gasteiger partial charge in [-0.1, -0.05) is 12.1 Å². The van der Waals surface area contributed by atoms with Gasteiger partial charge in [0.25, 0.3) is 0 Å². The Bertz CT molecular complexity index is 424. The first kappa shape index (κ1) is 14.4. The normalized spacial score (nSPS) is 22.3. The van der Waals surface area contributed by atoms with Crippen molar-refractivity contribution >= 4 is 0 Å². The minimum atomic E-state index is 0.165. The van der Waals surface area contributed by atoms with Gasteiger partial charge in [-0.15, -0.1) is 0 Å². The van der Waals surface area contributed by atoms with Crippen LogP contribution >= 0.6 is 0 Å². The van der Waals surface area contributed by atoms with Crippen LogP contribution in [0.15, 0.2) is 24.3 Å². The highest BCUT2D eigenvalue weighted by Crippen LogP contribution is 2.28. The molecular formula is C16H26N2O. The molecule has 1 fully saturated rings. The summed E-state index contributed by atoms with van der Waals surface area (Å²) in [6, 6.07) is 7.98. The smallest absolute Gasteiger partial charge is 0.115 e. The minimum absolute atomic E-state index is 0.165. The Kier molecular flexibility index (Phi) is 3.88. The maximum absolute atomic E-state index is 9.48. The second kappa shape index (κ2) is 5.14. The number of nitrogens with one attached hydrogen (secondary N) is 2. The number of aromatic hydroxyl groups is 1. The van der Waals surface area contributed by atoms with Gasteiger partial charge in [0.15, 0.2) is 0 Å². The second-order valence-corrected chi connectivity index (χ2v) is 7.05. The van der Waals surface area contributed by atoms with Crippen LogP contribution in [0.5, 0.6) is 5.75 Å². The lowest BCUT2D eigenvalue weighted by Gasteiger charge is -2.46. The molecule has 1 saturated heterocycles. The molecule has 1 aliphatic rings. The molecule has 0 bridgehead atoms. The van der Waals surface area contributed by atoms with Gasteiger partial charge in [0, 0.05) is 23.7 Å². The maximum atomic E-state index is 9.48. The molecule has 0 amide bonds. The molecule has 3 nitrogen and oxygen atoms in total. The van der Waals surface area contributed by atoms with E-state index in [1.54, 1.807) is 6.07 Å². The summed E-state index contributed by atoms with van der Waals surface area (Å²) in [6.45, 7) is 9.85. The van der Waals surface area contributed by atoms with Crippen LogP contribution < -0.4 is 10.6 Å². The Morgan fingerprint density at radius 2 is 1.84 bits per heavy atom. The SMILES string of the molecule is CC1(C)CC(NCc2cccc(O)c2)CC(C)(C)N1. The molecule has 0 aliphatic carbocycles. The summed E-state index contributed by atoms with van der Waals surface area (Å²) in [7, 11) is 0. The molecule has 19 heavy (non-hydrogen) atoms. The lowest BCUT2D eigenvalue weighted by molar-refractivity contribution is 0.145. The lowest BCUT2D eigenvalue weighted by atomic mass is 9.79. The van der Waals surface area contributed by atoms with Gasteiger partial charge in [-0.3, -0.25) is 0 Å². The van der Waals surface area contributed by atoms with E-state index in [0.717, 1.165) is 24.9 Å². The summed E-state index contributed by atoms with van der Waals surface area (Å²) >= 11 is 0. The molecule has 0 spiro atoms. The molecule has 1 aromatic rings. The summed E-state index contributed by atoms with van der Waals surface area (Å²) in [5.74, 6) is 0.338. The minimum Gasteiger partial charge on any atom is -0.508 e. The monoisotopic (exact) mass is 262 g/mol. The van der Waals surface area contributed by atoms with E-state index < -0.39 is 0 Å². The van der Waals surface area contributed by atoms with E-state index in [2.05, 4.69) is 38.3 Å². The van der Waals surface area contributed by atoms with Gasteiger partial charge in [-0.05, 0) is 58.2 Å². The van der Waals surface area contributed by atoms with Crippen molar-refractivity contribution in [2.45, 2.75) is 64.2 Å². The molecule has 0 atom stereocenters. The molecule has 0 unspecified atom stereocenters. The van der Waals surface area contributed by atoms with Crippen molar-refractivity contribution in [3.8, 4) is 5.75 Å². The first-order valence-electron chi connectivity index (χ1n) is 7.06. The van der Waals surface area contributed by atoms with Gasteiger partial charge >= 0.3 is 0 Å². The Morgan fingerprint density at radius 1 is 1.21 bits per heavy atom. The summed E-state index contributed by atoms with van der Waals surface area (Å²) in [5.41, 5.74) is 1.46. The predicted octanol–water partition coefficient (Wildman–Crippen LogP) is 2.79. The van der Waals surface area contributed by atoms with E-state index in [0.29, 0.717) is 11.8 Å². The van der Waals surface area contributed by atoms with Gasteiger partial charge < -0.3 is 15.7 Å². The Hall–Kier alpha value is -1.06. The third-order valence-corrected chi connectivity index (χ3v) is 3.70. The van der Waals surface area contributed by atoms with Crippen molar-refractivity contribution in [3.05, 3.63) is 29.8 Å². The zero-order valence-electron chi connectivity index (χ0n) is 12.5. The van der Waals surface area contributed by atoms with Crippen LogP contribution in [0.4, 0.5) is 0 Å². The summed E-state index contributed by atoms with van der Waals surface area (Å²) in [4.78, 5) is 0. The molecule has 3 N–H and O–H groups in total. The number of phenols is 1. The molecule has 1 aliphatic heterocycles. The molecule has 2 rings (SSSR count). The molecule has 0 radical (unpaired) electrons. The summed E-state index contributed by atoms with van der Waals surface area (Å²) < 4.78 is 0. The summed E-state index contributed by atoms with van der Waals surface area (Å²) in [5, 5.41) is 16.8. The Morgan fingerprint density at radius 3 is 2.42 bits per heavy atom. The lowest BCUT2D eigenvalue weighted by Crippen LogP contribution is -2.61. The van der Waals surface area contributed by atoms with E-state index in [-0.39, 0.29) is 11.1 Å². The van der Waals surface area contributed by atoms with Crippen molar-refractivity contribution in [3.63, 3.8) is 0 Å². The van der Waals surface area contributed by atoms with Crippen LogP contribution in [-0.2, 0) is 6.54 Å². The van der Waals surface area contributed by atoms with Crippen LogP contribution in [0.2, 0.25) is 0 Å². The van der Waals surface area contributed by atoms with E-state index in [9.17, 15) is 5.11 Å². The third kappa shape index (κ3) is 4.22. The van der Waals surface area contributed by atoms with Crippen molar-refractivity contribution in [1.82, 2.24) is 10.6 Å². The van der Waals surface area contributed by atoms with Gasteiger partial charge in [0.1, 0.15) is 5.75 Å². The van der Waals surface area contributed by atoms with Gasteiger partial charge in [0.2, 0.25) is 0 Å². The maximum Gasteiger partial charge on any atom is 0.115 e. The van der Waals surface area contributed by atoms with Gasteiger partial charge in [-0.2, -0.15) is 0 Å². The van der Waals surface area contributed by atoms with Crippen LogP contribution in [0.25, 0.3) is 0 Å². The highest BCUT2D eigenvalue weighted by molar-refractivity contribution is 5.27. The van der Waals surface area contributed by atoms with Crippen molar-refractivity contribution in [2.24, 2.45) is 0 Å². The highest BCUT2D eigenvalue weighted by Gasteiger charge is 2.37. The molecule has 3 heteroatoms. The van der Waals surface area contributed by atoms with Gasteiger partial charge in [0.05, 0.1) is 0 Å². The zero-order valence-corrected chi connectivity index (χ0v) is 12.5. The molecular weight excluding hydrogens is 236 g/mol.